The molecule has 5 heteroatoms. The number of aliphatic hydroxyl groups is 2. The molecule has 0 saturated carbocycles. The Morgan fingerprint density at radius 1 is 0.905 bits per heavy atom. The van der Waals surface area contributed by atoms with E-state index in [-0.39, 0.29) is 12.5 Å². The van der Waals surface area contributed by atoms with Gasteiger partial charge < -0.3 is 20.8 Å². The van der Waals surface area contributed by atoms with E-state index in [0.717, 1.165) is 12.8 Å². The molecule has 4 N–H and O–H groups in total. The van der Waals surface area contributed by atoms with Crippen LogP contribution in [0.25, 0.3) is 0 Å². The van der Waals surface area contributed by atoms with E-state index in [2.05, 4.69) is 17.6 Å². The van der Waals surface area contributed by atoms with E-state index in [4.69, 9.17) is 10.2 Å². The maximum absolute atomic E-state index is 11.5. The smallest absolute Gasteiger partial charge is 0.220 e. The fraction of sp³-hybridized carbons (Fsp3) is 0.938. The van der Waals surface area contributed by atoms with Crippen LogP contribution in [0.15, 0.2) is 0 Å². The molecule has 0 fully saturated rings. The van der Waals surface area contributed by atoms with Crippen molar-refractivity contribution in [3.63, 3.8) is 0 Å². The lowest BCUT2D eigenvalue weighted by Gasteiger charge is -2.07. The summed E-state index contributed by atoms with van der Waals surface area (Å²) >= 11 is 0. The van der Waals surface area contributed by atoms with Crippen molar-refractivity contribution in [2.45, 2.75) is 77.4 Å². The Kier molecular flexibility index (Phi) is 15.2. The van der Waals surface area contributed by atoms with Crippen LogP contribution < -0.4 is 10.6 Å². The highest BCUT2D eigenvalue weighted by molar-refractivity contribution is 5.75. The van der Waals surface area contributed by atoms with Crippen molar-refractivity contribution in [3.05, 3.63) is 0 Å². The highest BCUT2D eigenvalue weighted by Crippen LogP contribution is 2.10. The third kappa shape index (κ3) is 17.3. The van der Waals surface area contributed by atoms with Gasteiger partial charge in [0.25, 0.3) is 0 Å². The van der Waals surface area contributed by atoms with E-state index in [1.165, 1.54) is 44.9 Å². The molecule has 0 bridgehead atoms. The quantitative estimate of drug-likeness (QED) is 0.275. The molecular formula is C16H34N2O3. The van der Waals surface area contributed by atoms with Gasteiger partial charge in [-0.1, -0.05) is 58.3 Å². The summed E-state index contributed by atoms with van der Waals surface area (Å²) < 4.78 is 0. The molecule has 0 aliphatic rings. The van der Waals surface area contributed by atoms with Gasteiger partial charge in [0, 0.05) is 26.1 Å². The maximum Gasteiger partial charge on any atom is 0.220 e. The second-order valence-corrected chi connectivity index (χ2v) is 5.61. The minimum atomic E-state index is -1.33. The molecule has 0 heterocycles. The topological polar surface area (TPSA) is 81.6 Å². The summed E-state index contributed by atoms with van der Waals surface area (Å²) in [6.45, 7) is 3.45. The first-order valence-corrected chi connectivity index (χ1v) is 8.50. The van der Waals surface area contributed by atoms with Gasteiger partial charge in [0.1, 0.15) is 0 Å². The van der Waals surface area contributed by atoms with Gasteiger partial charge in [-0.25, -0.2) is 0 Å². The first kappa shape index (κ1) is 20.3. The molecule has 0 aliphatic heterocycles. The predicted molar refractivity (Wildman–Crippen MR) is 85.9 cm³/mol. The minimum absolute atomic E-state index is 0.0873. The second kappa shape index (κ2) is 15.7. The van der Waals surface area contributed by atoms with Crippen molar-refractivity contribution in [2.75, 3.05) is 19.6 Å². The average molecular weight is 302 g/mol. The molecule has 0 unspecified atom stereocenters. The first-order chi connectivity index (χ1) is 10.2. The maximum atomic E-state index is 11.5. The van der Waals surface area contributed by atoms with E-state index in [1.807, 2.05) is 0 Å². The number of nitrogens with one attached hydrogen (secondary N) is 2. The standard InChI is InChI=1S/C16H34N2O3/c1-2-3-4-5-6-7-8-9-10-11-15(19)18-13-12-17-14-16(20)21/h16-17,20-21H,2-14H2,1H3,(H,18,19). The first-order valence-electron chi connectivity index (χ1n) is 8.50. The average Bonchev–Trinajstić information content (AvgIpc) is 2.45. The van der Waals surface area contributed by atoms with Gasteiger partial charge in [0.05, 0.1) is 0 Å². The van der Waals surface area contributed by atoms with Crippen LogP contribution in [0.4, 0.5) is 0 Å². The van der Waals surface area contributed by atoms with Crippen LogP contribution in [0, 0.1) is 0 Å². The largest absolute Gasteiger partial charge is 0.367 e. The summed E-state index contributed by atoms with van der Waals surface area (Å²) in [5, 5.41) is 22.9. The molecule has 0 radical (unpaired) electrons. The summed E-state index contributed by atoms with van der Waals surface area (Å²) in [5.74, 6) is 0.0873. The van der Waals surface area contributed by atoms with Crippen molar-refractivity contribution >= 4 is 5.91 Å². The van der Waals surface area contributed by atoms with Crippen molar-refractivity contribution in [1.82, 2.24) is 10.6 Å². The summed E-state index contributed by atoms with van der Waals surface area (Å²) in [6.07, 6.45) is 10.6. The Balaban J connectivity index is 3.16. The number of hydrogen-bond donors (Lipinski definition) is 4. The van der Waals surface area contributed by atoms with Crippen molar-refractivity contribution in [2.24, 2.45) is 0 Å². The van der Waals surface area contributed by atoms with Gasteiger partial charge in [-0.2, -0.15) is 0 Å². The van der Waals surface area contributed by atoms with Crippen molar-refractivity contribution < 1.29 is 15.0 Å². The SMILES string of the molecule is CCCCCCCCCCCC(=O)NCCNCC(O)O. The molecular weight excluding hydrogens is 268 g/mol. The number of carbonyl (C=O) groups is 1. The molecule has 5 nitrogen and oxygen atoms in total. The van der Waals surface area contributed by atoms with Gasteiger partial charge in [-0.05, 0) is 6.42 Å². The van der Waals surface area contributed by atoms with E-state index in [9.17, 15) is 4.79 Å². The highest BCUT2D eigenvalue weighted by atomic mass is 16.5. The number of hydrogen-bond acceptors (Lipinski definition) is 4. The molecule has 0 aromatic heterocycles. The number of rotatable bonds is 15. The molecule has 0 aliphatic carbocycles. The van der Waals surface area contributed by atoms with E-state index in [1.54, 1.807) is 0 Å². The zero-order chi connectivity index (χ0) is 15.8. The van der Waals surface area contributed by atoms with Crippen LogP contribution in [0.3, 0.4) is 0 Å². The van der Waals surface area contributed by atoms with Crippen LogP contribution >= 0.6 is 0 Å². The monoisotopic (exact) mass is 302 g/mol. The lowest BCUT2D eigenvalue weighted by molar-refractivity contribution is -0.121. The number of carbonyl (C=O) groups excluding carboxylic acids is 1. The minimum Gasteiger partial charge on any atom is -0.367 e. The predicted octanol–water partition coefficient (Wildman–Crippen LogP) is 1.92. The Labute approximate surface area is 129 Å². The van der Waals surface area contributed by atoms with Crippen LogP contribution in [0.2, 0.25) is 0 Å². The lowest BCUT2D eigenvalue weighted by atomic mass is 10.1. The zero-order valence-electron chi connectivity index (χ0n) is 13.6. The summed E-state index contributed by atoms with van der Waals surface area (Å²) in [4.78, 5) is 11.5. The number of aliphatic hydroxyl groups excluding tert-OH is 1. The molecule has 0 spiro atoms. The Hall–Kier alpha value is -0.650. The van der Waals surface area contributed by atoms with Crippen LogP contribution in [-0.2, 0) is 4.79 Å². The van der Waals surface area contributed by atoms with Gasteiger partial charge >= 0.3 is 0 Å². The van der Waals surface area contributed by atoms with E-state index < -0.39 is 6.29 Å². The fourth-order valence-electron chi connectivity index (χ4n) is 2.21. The Bertz CT molecular complexity index is 236. The molecule has 1 amide bonds. The van der Waals surface area contributed by atoms with Crippen LogP contribution in [0.1, 0.15) is 71.1 Å². The third-order valence-electron chi connectivity index (χ3n) is 3.46. The number of unbranched alkanes of at least 4 members (excludes halogenated alkanes) is 8. The molecule has 0 rings (SSSR count). The summed E-state index contributed by atoms with van der Waals surface area (Å²) in [5.41, 5.74) is 0. The molecule has 0 atom stereocenters. The summed E-state index contributed by atoms with van der Waals surface area (Å²) in [7, 11) is 0. The molecule has 0 aromatic carbocycles. The van der Waals surface area contributed by atoms with Crippen molar-refractivity contribution in [3.8, 4) is 0 Å². The van der Waals surface area contributed by atoms with Crippen LogP contribution in [-0.4, -0.2) is 42.0 Å². The Morgan fingerprint density at radius 2 is 1.48 bits per heavy atom. The zero-order valence-corrected chi connectivity index (χ0v) is 13.6. The molecule has 21 heavy (non-hydrogen) atoms. The lowest BCUT2D eigenvalue weighted by Crippen LogP contribution is -2.35. The summed E-state index contributed by atoms with van der Waals surface area (Å²) in [6, 6.07) is 0. The van der Waals surface area contributed by atoms with E-state index in [0.29, 0.717) is 19.5 Å². The normalized spacial score (nSPS) is 11.0. The molecule has 0 saturated heterocycles. The van der Waals surface area contributed by atoms with Gasteiger partial charge in [-0.3, -0.25) is 4.79 Å². The molecule has 126 valence electrons. The van der Waals surface area contributed by atoms with Gasteiger partial charge in [-0.15, -0.1) is 0 Å². The van der Waals surface area contributed by atoms with Crippen LogP contribution in [0.5, 0.6) is 0 Å². The fourth-order valence-corrected chi connectivity index (χ4v) is 2.21. The third-order valence-corrected chi connectivity index (χ3v) is 3.46. The number of amides is 1. The molecule has 0 aromatic rings. The van der Waals surface area contributed by atoms with Gasteiger partial charge in [0.15, 0.2) is 6.29 Å². The van der Waals surface area contributed by atoms with Gasteiger partial charge in [0.2, 0.25) is 5.91 Å². The Morgan fingerprint density at radius 3 is 2.05 bits per heavy atom. The van der Waals surface area contributed by atoms with Crippen molar-refractivity contribution in [1.29, 1.82) is 0 Å². The second-order valence-electron chi connectivity index (χ2n) is 5.61. The van der Waals surface area contributed by atoms with E-state index >= 15 is 0 Å². The highest BCUT2D eigenvalue weighted by Gasteiger charge is 2.01.